The molecule has 0 aromatic carbocycles. The summed E-state index contributed by atoms with van der Waals surface area (Å²) in [6.45, 7) is 0.742. The van der Waals surface area contributed by atoms with Gasteiger partial charge in [-0.25, -0.2) is 0 Å². The Hall–Kier alpha value is -1.12. The predicted molar refractivity (Wildman–Crippen MR) is 97.1 cm³/mol. The molecule has 4 atom stereocenters. The van der Waals surface area contributed by atoms with Crippen molar-refractivity contribution in [1.29, 1.82) is 0 Å². The molecule has 0 aromatic heterocycles. The Labute approximate surface area is 153 Å². The summed E-state index contributed by atoms with van der Waals surface area (Å²) in [5.41, 5.74) is 5.94. The third kappa shape index (κ3) is 2.66. The summed E-state index contributed by atoms with van der Waals surface area (Å²) in [5, 5.41) is 0. The zero-order valence-corrected chi connectivity index (χ0v) is 15.6. The largest absolute Gasteiger partial charge is 0.370 e. The maximum atomic E-state index is 12.5. The van der Waals surface area contributed by atoms with E-state index in [1.54, 1.807) is 0 Å². The highest BCUT2D eigenvalue weighted by Gasteiger charge is 2.58. The molecule has 7 heteroatoms. The molecule has 23 heavy (non-hydrogen) atoms. The SMILES string of the molecule is CN(C(N)=NCCN1C(=O)C2C3C=CC(C3)C2C1=O)C1CC1.I. The van der Waals surface area contributed by atoms with Crippen LogP contribution in [0.2, 0.25) is 0 Å². The van der Waals surface area contributed by atoms with Gasteiger partial charge in [-0.15, -0.1) is 24.0 Å². The van der Waals surface area contributed by atoms with E-state index in [0.29, 0.717) is 25.1 Å². The molecular formula is C16H23IN4O2. The lowest BCUT2D eigenvalue weighted by atomic mass is 9.85. The normalized spacial score (nSPS) is 34.8. The Balaban J connectivity index is 0.00000156. The second-order valence-corrected chi connectivity index (χ2v) is 6.91. The van der Waals surface area contributed by atoms with Gasteiger partial charge in [0.1, 0.15) is 0 Å². The standard InChI is InChI=1S/C16H22N4O2.HI/c1-19(11-4-5-11)16(17)18-6-7-20-14(21)12-9-2-3-10(8-9)13(12)15(20)22;/h2-3,9-13H,4-8H2,1H3,(H2,17,18);1H. The van der Waals surface area contributed by atoms with Gasteiger partial charge in [-0.3, -0.25) is 19.5 Å². The first kappa shape index (κ1) is 16.7. The number of imide groups is 1. The van der Waals surface area contributed by atoms with Gasteiger partial charge >= 0.3 is 0 Å². The third-order valence-corrected chi connectivity index (χ3v) is 5.62. The molecule has 0 radical (unpaired) electrons. The van der Waals surface area contributed by atoms with Crippen molar-refractivity contribution in [3.05, 3.63) is 12.2 Å². The lowest BCUT2D eigenvalue weighted by Gasteiger charge is -2.18. The summed E-state index contributed by atoms with van der Waals surface area (Å²) < 4.78 is 0. The van der Waals surface area contributed by atoms with Crippen molar-refractivity contribution in [2.45, 2.75) is 25.3 Å². The van der Waals surface area contributed by atoms with E-state index >= 15 is 0 Å². The monoisotopic (exact) mass is 430 g/mol. The first-order chi connectivity index (χ1) is 10.6. The number of hydrogen-bond acceptors (Lipinski definition) is 3. The van der Waals surface area contributed by atoms with Gasteiger partial charge in [0.15, 0.2) is 5.96 Å². The molecule has 3 aliphatic carbocycles. The topological polar surface area (TPSA) is 79.0 Å². The van der Waals surface area contributed by atoms with Gasteiger partial charge in [-0.1, -0.05) is 12.2 Å². The summed E-state index contributed by atoms with van der Waals surface area (Å²) in [6, 6.07) is 0.514. The van der Waals surface area contributed by atoms with Crippen LogP contribution in [0.15, 0.2) is 17.1 Å². The molecule has 2 N–H and O–H groups in total. The first-order valence-electron chi connectivity index (χ1n) is 8.14. The number of fused-ring (bicyclic) bond motifs is 5. The number of rotatable bonds is 4. The number of halogens is 1. The molecule has 1 aliphatic heterocycles. The van der Waals surface area contributed by atoms with Crippen molar-refractivity contribution in [3.8, 4) is 0 Å². The third-order valence-electron chi connectivity index (χ3n) is 5.62. The Bertz CT molecular complexity index is 557. The number of aliphatic imine (C=N–C) groups is 1. The average Bonchev–Trinajstić information content (AvgIpc) is 3.08. The van der Waals surface area contributed by atoms with E-state index < -0.39 is 0 Å². The molecule has 1 saturated heterocycles. The molecule has 2 amide bonds. The fourth-order valence-corrected chi connectivity index (χ4v) is 4.21. The predicted octanol–water partition coefficient (Wildman–Crippen LogP) is 0.820. The van der Waals surface area contributed by atoms with Gasteiger partial charge in [0.05, 0.1) is 18.4 Å². The molecule has 1 heterocycles. The Morgan fingerprint density at radius 3 is 2.35 bits per heavy atom. The van der Waals surface area contributed by atoms with Gasteiger partial charge in [0.25, 0.3) is 0 Å². The lowest BCUT2D eigenvalue weighted by Crippen LogP contribution is -2.38. The maximum Gasteiger partial charge on any atom is 0.233 e. The second-order valence-electron chi connectivity index (χ2n) is 6.91. The summed E-state index contributed by atoms with van der Waals surface area (Å²) in [7, 11) is 1.94. The summed E-state index contributed by atoms with van der Waals surface area (Å²) in [4.78, 5) is 32.7. The fourth-order valence-electron chi connectivity index (χ4n) is 4.21. The van der Waals surface area contributed by atoms with E-state index in [-0.39, 0.29) is 59.5 Å². The second kappa shape index (κ2) is 6.07. The molecule has 4 rings (SSSR count). The Morgan fingerprint density at radius 2 is 1.83 bits per heavy atom. The van der Waals surface area contributed by atoms with Crippen molar-refractivity contribution in [3.63, 3.8) is 0 Å². The molecule has 2 bridgehead atoms. The molecule has 0 aromatic rings. The highest BCUT2D eigenvalue weighted by Crippen LogP contribution is 2.52. The van der Waals surface area contributed by atoms with Crippen molar-refractivity contribution in [1.82, 2.24) is 9.80 Å². The van der Waals surface area contributed by atoms with E-state index in [0.717, 1.165) is 19.3 Å². The molecule has 0 spiro atoms. The van der Waals surface area contributed by atoms with E-state index in [1.807, 2.05) is 11.9 Å². The van der Waals surface area contributed by atoms with Crippen molar-refractivity contribution < 1.29 is 9.59 Å². The number of amides is 2. The zero-order valence-electron chi connectivity index (χ0n) is 13.2. The maximum absolute atomic E-state index is 12.5. The van der Waals surface area contributed by atoms with E-state index in [2.05, 4.69) is 17.1 Å². The number of allylic oxidation sites excluding steroid dienone is 2. The molecular weight excluding hydrogens is 407 g/mol. The minimum absolute atomic E-state index is 0. The number of hydrogen-bond donors (Lipinski definition) is 1. The van der Waals surface area contributed by atoms with E-state index in [4.69, 9.17) is 5.73 Å². The number of nitrogens with zero attached hydrogens (tertiary/aromatic N) is 3. The van der Waals surface area contributed by atoms with Crippen molar-refractivity contribution in [2.24, 2.45) is 34.4 Å². The number of carbonyl (C=O) groups is 2. The van der Waals surface area contributed by atoms with Crippen LogP contribution in [-0.2, 0) is 9.59 Å². The van der Waals surface area contributed by atoms with Crippen LogP contribution in [0.25, 0.3) is 0 Å². The first-order valence-corrected chi connectivity index (χ1v) is 8.14. The lowest BCUT2D eigenvalue weighted by molar-refractivity contribution is -0.140. The van der Waals surface area contributed by atoms with Crippen LogP contribution in [0.1, 0.15) is 19.3 Å². The number of guanidine groups is 1. The molecule has 2 saturated carbocycles. The Morgan fingerprint density at radius 1 is 1.26 bits per heavy atom. The van der Waals surface area contributed by atoms with E-state index in [9.17, 15) is 9.59 Å². The molecule has 4 aliphatic rings. The molecule has 126 valence electrons. The van der Waals surface area contributed by atoms with Crippen LogP contribution in [0.4, 0.5) is 0 Å². The van der Waals surface area contributed by atoms with Gasteiger partial charge in [0, 0.05) is 19.6 Å². The van der Waals surface area contributed by atoms with Crippen LogP contribution < -0.4 is 5.73 Å². The van der Waals surface area contributed by atoms with Crippen LogP contribution in [-0.4, -0.2) is 53.8 Å². The fraction of sp³-hybridized carbons (Fsp3) is 0.688. The van der Waals surface area contributed by atoms with Crippen LogP contribution in [0.5, 0.6) is 0 Å². The minimum atomic E-state index is -0.113. The summed E-state index contributed by atoms with van der Waals surface area (Å²) in [5.74, 6) is 0.809. The van der Waals surface area contributed by atoms with Gasteiger partial charge in [-0.2, -0.15) is 0 Å². The molecule has 3 fully saturated rings. The van der Waals surface area contributed by atoms with Crippen molar-refractivity contribution >= 4 is 41.8 Å². The van der Waals surface area contributed by atoms with Gasteiger partial charge in [0.2, 0.25) is 11.8 Å². The number of likely N-dealkylation sites (tertiary alicyclic amines) is 1. The Kier molecular flexibility index (Phi) is 4.41. The summed E-state index contributed by atoms with van der Waals surface area (Å²) >= 11 is 0. The zero-order chi connectivity index (χ0) is 15.4. The van der Waals surface area contributed by atoms with Crippen LogP contribution in [0.3, 0.4) is 0 Å². The quantitative estimate of drug-likeness (QED) is 0.236. The van der Waals surface area contributed by atoms with Gasteiger partial charge < -0.3 is 10.6 Å². The molecule has 6 nitrogen and oxygen atoms in total. The van der Waals surface area contributed by atoms with Gasteiger partial charge in [-0.05, 0) is 31.1 Å². The van der Waals surface area contributed by atoms with Crippen molar-refractivity contribution in [2.75, 3.05) is 20.1 Å². The van der Waals surface area contributed by atoms with Crippen LogP contribution >= 0.6 is 24.0 Å². The van der Waals surface area contributed by atoms with Crippen LogP contribution in [0, 0.1) is 23.7 Å². The highest BCUT2D eigenvalue weighted by molar-refractivity contribution is 14.0. The number of carbonyl (C=O) groups excluding carboxylic acids is 2. The van der Waals surface area contributed by atoms with E-state index in [1.165, 1.54) is 4.90 Å². The molecule has 4 unspecified atom stereocenters. The average molecular weight is 430 g/mol. The highest BCUT2D eigenvalue weighted by atomic mass is 127. The smallest absolute Gasteiger partial charge is 0.233 e. The summed E-state index contributed by atoms with van der Waals surface area (Å²) in [6.07, 6.45) is 7.52. The number of nitrogens with two attached hydrogens (primary N) is 1. The minimum Gasteiger partial charge on any atom is -0.370 e.